The lowest BCUT2D eigenvalue weighted by molar-refractivity contribution is 0.310. The molecule has 0 N–H and O–H groups in total. The average Bonchev–Trinajstić information content (AvgIpc) is 2.15. The summed E-state index contributed by atoms with van der Waals surface area (Å²) in [6.45, 7) is 8.08. The quantitative estimate of drug-likeness (QED) is 0.621. The minimum Gasteiger partial charge on any atom is -0.298 e. The maximum Gasteiger partial charge on any atom is 0.0172 e. The van der Waals surface area contributed by atoms with Gasteiger partial charge in [0.1, 0.15) is 0 Å². The Labute approximate surface area is 80.2 Å². The van der Waals surface area contributed by atoms with Crippen LogP contribution in [0, 0.1) is 0 Å². The van der Waals surface area contributed by atoms with E-state index < -0.39 is 0 Å². The molecule has 0 aliphatic carbocycles. The van der Waals surface area contributed by atoms with Gasteiger partial charge in [-0.05, 0) is 13.3 Å². The average molecular weight is 185 g/mol. The molecule has 1 aliphatic heterocycles. The number of allylic oxidation sites excluding steroid dienone is 1. The lowest BCUT2D eigenvalue weighted by atomic mass is 10.3. The third-order valence-electron chi connectivity index (χ3n) is 2.28. The van der Waals surface area contributed by atoms with E-state index in [0.717, 1.165) is 11.8 Å². The molecule has 1 rings (SSSR count). The van der Waals surface area contributed by atoms with Crippen LogP contribution in [-0.4, -0.2) is 35.5 Å². The van der Waals surface area contributed by atoms with Crippen LogP contribution in [0.4, 0.5) is 0 Å². The van der Waals surface area contributed by atoms with Gasteiger partial charge in [0.25, 0.3) is 0 Å². The van der Waals surface area contributed by atoms with Crippen molar-refractivity contribution >= 4 is 11.8 Å². The van der Waals surface area contributed by atoms with E-state index in [-0.39, 0.29) is 0 Å². The first-order valence-corrected chi connectivity index (χ1v) is 5.86. The van der Waals surface area contributed by atoms with Gasteiger partial charge in [-0.1, -0.05) is 19.1 Å². The van der Waals surface area contributed by atoms with Gasteiger partial charge in [0.2, 0.25) is 0 Å². The summed E-state index contributed by atoms with van der Waals surface area (Å²) in [6.07, 6.45) is 5.71. The zero-order valence-electron chi connectivity index (χ0n) is 8.12. The summed E-state index contributed by atoms with van der Waals surface area (Å²) in [5, 5.41) is 0.879. The van der Waals surface area contributed by atoms with E-state index in [1.165, 1.54) is 25.3 Å². The summed E-state index contributed by atoms with van der Waals surface area (Å²) < 4.78 is 0. The van der Waals surface area contributed by atoms with Crippen molar-refractivity contribution in [3.63, 3.8) is 0 Å². The van der Waals surface area contributed by atoms with Crippen LogP contribution in [0.25, 0.3) is 0 Å². The van der Waals surface area contributed by atoms with Crippen molar-refractivity contribution in [3.8, 4) is 0 Å². The third kappa shape index (κ3) is 3.20. The maximum atomic E-state index is 2.55. The van der Waals surface area contributed by atoms with E-state index in [1.54, 1.807) is 0 Å². The van der Waals surface area contributed by atoms with Gasteiger partial charge in [0.15, 0.2) is 0 Å². The van der Waals surface area contributed by atoms with Gasteiger partial charge in [-0.2, -0.15) is 11.8 Å². The molecule has 0 aromatic carbocycles. The minimum atomic E-state index is 0.879. The van der Waals surface area contributed by atoms with Crippen molar-refractivity contribution in [2.45, 2.75) is 25.5 Å². The fourth-order valence-electron chi connectivity index (χ4n) is 1.45. The third-order valence-corrected chi connectivity index (χ3v) is 3.65. The number of thioether (sulfide) groups is 1. The van der Waals surface area contributed by atoms with E-state index >= 15 is 0 Å². The van der Waals surface area contributed by atoms with Crippen molar-refractivity contribution in [1.29, 1.82) is 0 Å². The molecule has 1 nitrogen and oxygen atoms in total. The Bertz CT molecular complexity index is 145. The van der Waals surface area contributed by atoms with Crippen LogP contribution in [0.5, 0.6) is 0 Å². The normalized spacial score (nSPS) is 26.7. The predicted octanol–water partition coefficient (Wildman–Crippen LogP) is 2.39. The van der Waals surface area contributed by atoms with Crippen molar-refractivity contribution in [2.75, 3.05) is 25.4 Å². The predicted molar refractivity (Wildman–Crippen MR) is 57.8 cm³/mol. The highest BCUT2D eigenvalue weighted by atomic mass is 32.2. The van der Waals surface area contributed by atoms with Crippen molar-refractivity contribution < 1.29 is 0 Å². The molecule has 0 amide bonds. The van der Waals surface area contributed by atoms with E-state index in [4.69, 9.17) is 0 Å². The van der Waals surface area contributed by atoms with Gasteiger partial charge in [-0.15, -0.1) is 0 Å². The first-order valence-electron chi connectivity index (χ1n) is 4.82. The Morgan fingerprint density at radius 1 is 1.58 bits per heavy atom. The topological polar surface area (TPSA) is 3.24 Å². The van der Waals surface area contributed by atoms with Crippen LogP contribution in [0.15, 0.2) is 12.2 Å². The van der Waals surface area contributed by atoms with Crippen molar-refractivity contribution in [2.24, 2.45) is 0 Å². The Balaban J connectivity index is 2.25. The van der Waals surface area contributed by atoms with E-state index in [0.29, 0.717) is 0 Å². The number of rotatable bonds is 3. The SMILES string of the molecule is C/C=C/CN1CCSC(CC)C1. The highest BCUT2D eigenvalue weighted by molar-refractivity contribution is 8.00. The summed E-state index contributed by atoms with van der Waals surface area (Å²) in [5.41, 5.74) is 0. The van der Waals surface area contributed by atoms with Crippen LogP contribution in [-0.2, 0) is 0 Å². The maximum absolute atomic E-state index is 2.55. The molecule has 2 heteroatoms. The lowest BCUT2D eigenvalue weighted by Crippen LogP contribution is -2.37. The molecule has 0 saturated carbocycles. The van der Waals surface area contributed by atoms with Gasteiger partial charge in [-0.3, -0.25) is 4.90 Å². The highest BCUT2D eigenvalue weighted by Crippen LogP contribution is 2.20. The number of nitrogens with zero attached hydrogens (tertiary/aromatic N) is 1. The van der Waals surface area contributed by atoms with Gasteiger partial charge >= 0.3 is 0 Å². The highest BCUT2D eigenvalue weighted by Gasteiger charge is 2.17. The van der Waals surface area contributed by atoms with Crippen molar-refractivity contribution in [1.82, 2.24) is 4.90 Å². The molecule has 1 unspecified atom stereocenters. The van der Waals surface area contributed by atoms with Crippen LogP contribution in [0.3, 0.4) is 0 Å². The van der Waals surface area contributed by atoms with E-state index in [9.17, 15) is 0 Å². The van der Waals surface area contributed by atoms with Gasteiger partial charge in [0.05, 0.1) is 0 Å². The smallest absolute Gasteiger partial charge is 0.0172 e. The molecule has 70 valence electrons. The number of hydrogen-bond donors (Lipinski definition) is 0. The van der Waals surface area contributed by atoms with Crippen molar-refractivity contribution in [3.05, 3.63) is 12.2 Å². The molecule has 0 spiro atoms. The Kier molecular flexibility index (Phi) is 4.77. The molecule has 0 bridgehead atoms. The largest absolute Gasteiger partial charge is 0.298 e. The number of hydrogen-bond acceptors (Lipinski definition) is 2. The zero-order chi connectivity index (χ0) is 8.81. The Hall–Kier alpha value is 0.0500. The fraction of sp³-hybridized carbons (Fsp3) is 0.800. The molecule has 1 aliphatic rings. The molecule has 0 aromatic heterocycles. The zero-order valence-corrected chi connectivity index (χ0v) is 8.94. The molecule has 0 radical (unpaired) electrons. The van der Waals surface area contributed by atoms with E-state index in [2.05, 4.69) is 42.7 Å². The molecule has 1 atom stereocenters. The summed E-state index contributed by atoms with van der Waals surface area (Å²) in [4.78, 5) is 2.55. The van der Waals surface area contributed by atoms with Gasteiger partial charge in [0, 0.05) is 30.6 Å². The van der Waals surface area contributed by atoms with Gasteiger partial charge in [-0.25, -0.2) is 0 Å². The van der Waals surface area contributed by atoms with Crippen LogP contribution in [0.1, 0.15) is 20.3 Å². The van der Waals surface area contributed by atoms with Crippen LogP contribution in [0.2, 0.25) is 0 Å². The Morgan fingerprint density at radius 2 is 2.42 bits per heavy atom. The second-order valence-electron chi connectivity index (χ2n) is 3.23. The van der Waals surface area contributed by atoms with E-state index in [1.807, 2.05) is 0 Å². The Morgan fingerprint density at radius 3 is 3.08 bits per heavy atom. The molecular weight excluding hydrogens is 166 g/mol. The molecule has 1 saturated heterocycles. The summed E-state index contributed by atoms with van der Waals surface area (Å²) in [5.74, 6) is 1.32. The summed E-state index contributed by atoms with van der Waals surface area (Å²) in [6, 6.07) is 0. The monoisotopic (exact) mass is 185 g/mol. The molecule has 0 aromatic rings. The molecular formula is C10H19NS. The second-order valence-corrected chi connectivity index (χ2v) is 4.64. The van der Waals surface area contributed by atoms with Gasteiger partial charge < -0.3 is 0 Å². The van der Waals surface area contributed by atoms with Crippen LogP contribution >= 0.6 is 11.8 Å². The summed E-state index contributed by atoms with van der Waals surface area (Å²) >= 11 is 2.13. The fourth-order valence-corrected chi connectivity index (χ4v) is 2.70. The molecule has 12 heavy (non-hydrogen) atoms. The molecule has 1 heterocycles. The minimum absolute atomic E-state index is 0.879. The standard InChI is InChI=1S/C10H19NS/c1-3-5-6-11-7-8-12-10(4-2)9-11/h3,5,10H,4,6-9H2,1-2H3/b5-3+. The first kappa shape index (κ1) is 10.1. The van der Waals surface area contributed by atoms with Crippen LogP contribution < -0.4 is 0 Å². The first-order chi connectivity index (χ1) is 5.86. The second kappa shape index (κ2) is 5.65. The molecule has 1 fully saturated rings. The lowest BCUT2D eigenvalue weighted by Gasteiger charge is -2.30. The summed E-state index contributed by atoms with van der Waals surface area (Å²) in [7, 11) is 0.